The van der Waals surface area contributed by atoms with E-state index in [1.54, 1.807) is 12.1 Å². The van der Waals surface area contributed by atoms with Crippen LogP contribution in [0.1, 0.15) is 17.4 Å². The molecule has 0 unspecified atom stereocenters. The lowest BCUT2D eigenvalue weighted by Gasteiger charge is -2.06. The summed E-state index contributed by atoms with van der Waals surface area (Å²) in [6, 6.07) is 14.7. The number of phenols is 1. The highest BCUT2D eigenvalue weighted by Gasteiger charge is 2.16. The predicted octanol–water partition coefficient (Wildman–Crippen LogP) is 4.42. The summed E-state index contributed by atoms with van der Waals surface area (Å²) in [5.74, 6) is 0.433. The first-order valence-electron chi connectivity index (χ1n) is 9.15. The highest BCUT2D eigenvalue weighted by atomic mass is 32.1. The maximum absolute atomic E-state index is 13.1. The highest BCUT2D eigenvalue weighted by molar-refractivity contribution is 7.19. The number of aromatic nitrogens is 2. The second-order valence-corrected chi connectivity index (χ2v) is 7.58. The minimum absolute atomic E-state index is 0.0607. The number of phenolic OH excluding ortho intramolecular Hbond substituents is 1. The average Bonchev–Trinajstić information content (AvgIpc) is 3.07. The second-order valence-electron chi connectivity index (χ2n) is 6.38. The zero-order valence-electron chi connectivity index (χ0n) is 16.0. The van der Waals surface area contributed by atoms with E-state index in [9.17, 15) is 9.90 Å². The van der Waals surface area contributed by atoms with Gasteiger partial charge in [-0.15, -0.1) is 11.3 Å². The predicted molar refractivity (Wildman–Crippen MR) is 116 cm³/mol. The summed E-state index contributed by atoms with van der Waals surface area (Å²) < 4.78 is 6.62. The largest absolute Gasteiger partial charge is 0.504 e. The Labute approximate surface area is 171 Å². The van der Waals surface area contributed by atoms with Crippen molar-refractivity contribution in [3.63, 3.8) is 0 Å². The first kappa shape index (κ1) is 18.9. The molecular weight excluding hydrogens is 386 g/mol. The first-order chi connectivity index (χ1) is 14.1. The zero-order valence-corrected chi connectivity index (χ0v) is 16.8. The van der Waals surface area contributed by atoms with Crippen LogP contribution in [-0.2, 0) is 0 Å². The van der Waals surface area contributed by atoms with Gasteiger partial charge in [-0.25, -0.2) is 4.98 Å². The molecule has 0 aliphatic rings. The lowest BCUT2D eigenvalue weighted by atomic mass is 10.0. The summed E-state index contributed by atoms with van der Waals surface area (Å²) in [7, 11) is 0. The number of hydrogen-bond donors (Lipinski definition) is 1. The third-order valence-electron chi connectivity index (χ3n) is 4.45. The van der Waals surface area contributed by atoms with Gasteiger partial charge in [0.05, 0.1) is 18.2 Å². The van der Waals surface area contributed by atoms with Gasteiger partial charge in [0, 0.05) is 10.4 Å². The first-order valence-corrected chi connectivity index (χ1v) is 9.96. The molecule has 4 aromatic rings. The third kappa shape index (κ3) is 3.64. The molecule has 0 amide bonds. The molecular formula is C22H19N3O3S. The van der Waals surface area contributed by atoms with Crippen LogP contribution in [0.3, 0.4) is 0 Å². The molecule has 0 radical (unpaired) electrons. The molecule has 2 aromatic carbocycles. The quantitative estimate of drug-likeness (QED) is 0.499. The van der Waals surface area contributed by atoms with E-state index in [1.165, 1.54) is 34.6 Å². The summed E-state index contributed by atoms with van der Waals surface area (Å²) in [5, 5.41) is 14.7. The topological polar surface area (TPSA) is 76.7 Å². The Kier molecular flexibility index (Phi) is 5.14. The van der Waals surface area contributed by atoms with Crippen LogP contribution in [0.25, 0.3) is 21.3 Å². The normalized spacial score (nSPS) is 11.4. The highest BCUT2D eigenvalue weighted by Crippen LogP contribution is 2.35. The van der Waals surface area contributed by atoms with Crippen LogP contribution in [0.4, 0.5) is 0 Å². The summed E-state index contributed by atoms with van der Waals surface area (Å²) in [6.07, 6.45) is 2.97. The van der Waals surface area contributed by atoms with E-state index in [1.807, 2.05) is 44.2 Å². The van der Waals surface area contributed by atoms with Crippen molar-refractivity contribution in [3.8, 4) is 22.6 Å². The van der Waals surface area contributed by atoms with Crippen molar-refractivity contribution in [3.05, 3.63) is 75.7 Å². The van der Waals surface area contributed by atoms with E-state index in [-0.39, 0.29) is 11.3 Å². The van der Waals surface area contributed by atoms with Gasteiger partial charge in [0.1, 0.15) is 11.2 Å². The van der Waals surface area contributed by atoms with Gasteiger partial charge in [-0.05, 0) is 43.2 Å². The Morgan fingerprint density at radius 3 is 2.79 bits per heavy atom. The van der Waals surface area contributed by atoms with Gasteiger partial charge in [0.15, 0.2) is 11.5 Å². The molecule has 4 rings (SSSR count). The molecule has 7 heteroatoms. The van der Waals surface area contributed by atoms with Gasteiger partial charge in [0.25, 0.3) is 5.56 Å². The van der Waals surface area contributed by atoms with Gasteiger partial charge in [0.2, 0.25) is 0 Å². The van der Waals surface area contributed by atoms with Gasteiger partial charge >= 0.3 is 0 Å². The standard InChI is InChI=1S/C22H19N3O3S/c1-3-28-18-11-15(9-10-17(18)26)12-24-25-13-23-21-20(22(25)27)19(14(2)29-21)16-7-5-4-6-8-16/h4-13,26H,3H2,1-2H3/b24-12+. The lowest BCUT2D eigenvalue weighted by Crippen LogP contribution is -2.16. The molecule has 0 aliphatic carbocycles. The van der Waals surface area contributed by atoms with Crippen molar-refractivity contribution in [2.45, 2.75) is 13.8 Å². The van der Waals surface area contributed by atoms with Crippen molar-refractivity contribution in [2.24, 2.45) is 5.10 Å². The molecule has 6 nitrogen and oxygen atoms in total. The summed E-state index contributed by atoms with van der Waals surface area (Å²) in [5.41, 5.74) is 2.36. The van der Waals surface area contributed by atoms with Crippen molar-refractivity contribution in [1.29, 1.82) is 0 Å². The zero-order chi connectivity index (χ0) is 20.4. The van der Waals surface area contributed by atoms with Crippen molar-refractivity contribution in [1.82, 2.24) is 9.66 Å². The number of rotatable bonds is 5. The Bertz CT molecular complexity index is 1260. The fourth-order valence-electron chi connectivity index (χ4n) is 3.14. The van der Waals surface area contributed by atoms with Crippen LogP contribution in [-0.4, -0.2) is 27.6 Å². The molecule has 1 N–H and O–H groups in total. The summed E-state index contributed by atoms with van der Waals surface area (Å²) in [4.78, 5) is 19.3. The van der Waals surface area contributed by atoms with Gasteiger partial charge in [-0.2, -0.15) is 9.78 Å². The molecule has 0 spiro atoms. The summed E-state index contributed by atoms with van der Waals surface area (Å²) >= 11 is 1.50. The molecule has 29 heavy (non-hydrogen) atoms. The van der Waals surface area contributed by atoms with Crippen molar-refractivity contribution >= 4 is 27.8 Å². The molecule has 0 bridgehead atoms. The molecule has 0 fully saturated rings. The Morgan fingerprint density at radius 2 is 2.03 bits per heavy atom. The number of aromatic hydroxyl groups is 1. The van der Waals surface area contributed by atoms with Crippen LogP contribution in [0, 0.1) is 6.92 Å². The number of nitrogens with zero attached hydrogens (tertiary/aromatic N) is 3. The average molecular weight is 405 g/mol. The molecule has 0 aliphatic heterocycles. The smallest absolute Gasteiger partial charge is 0.283 e. The number of aryl methyl sites for hydroxylation is 1. The summed E-state index contributed by atoms with van der Waals surface area (Å²) in [6.45, 7) is 4.27. The minimum Gasteiger partial charge on any atom is -0.504 e. The Morgan fingerprint density at radius 1 is 1.24 bits per heavy atom. The maximum Gasteiger partial charge on any atom is 0.283 e. The van der Waals surface area contributed by atoms with Crippen molar-refractivity contribution < 1.29 is 9.84 Å². The number of benzene rings is 2. The van der Waals surface area contributed by atoms with Gasteiger partial charge < -0.3 is 9.84 Å². The lowest BCUT2D eigenvalue weighted by molar-refractivity contribution is 0.318. The molecule has 0 saturated carbocycles. The second kappa shape index (κ2) is 7.89. The van der Waals surface area contributed by atoms with Crippen molar-refractivity contribution in [2.75, 3.05) is 6.61 Å². The monoisotopic (exact) mass is 405 g/mol. The van der Waals surface area contributed by atoms with Crippen LogP contribution < -0.4 is 10.3 Å². The molecule has 0 atom stereocenters. The van der Waals surface area contributed by atoms with Crippen LogP contribution >= 0.6 is 11.3 Å². The Hall–Kier alpha value is -3.45. The van der Waals surface area contributed by atoms with E-state index in [4.69, 9.17) is 4.74 Å². The number of thiophene rings is 1. The number of fused-ring (bicyclic) bond motifs is 1. The van der Waals surface area contributed by atoms with E-state index in [0.717, 1.165) is 16.0 Å². The van der Waals surface area contributed by atoms with Crippen LogP contribution in [0.5, 0.6) is 11.5 Å². The van der Waals surface area contributed by atoms with Gasteiger partial charge in [-0.1, -0.05) is 30.3 Å². The van der Waals surface area contributed by atoms with Gasteiger partial charge in [-0.3, -0.25) is 4.79 Å². The third-order valence-corrected chi connectivity index (χ3v) is 5.46. The number of ether oxygens (including phenoxy) is 1. The van der Waals surface area contributed by atoms with E-state index in [2.05, 4.69) is 10.1 Å². The number of hydrogen-bond acceptors (Lipinski definition) is 6. The van der Waals surface area contributed by atoms with E-state index in [0.29, 0.717) is 28.1 Å². The Balaban J connectivity index is 1.78. The van der Waals surface area contributed by atoms with Crippen LogP contribution in [0.2, 0.25) is 0 Å². The molecule has 2 heterocycles. The fourth-order valence-corrected chi connectivity index (χ4v) is 4.14. The molecule has 0 saturated heterocycles. The minimum atomic E-state index is -0.224. The van der Waals surface area contributed by atoms with E-state index < -0.39 is 0 Å². The molecule has 146 valence electrons. The fraction of sp³-hybridized carbons (Fsp3) is 0.136. The SMILES string of the molecule is CCOc1cc(/C=N/n2cnc3sc(C)c(-c4ccccc4)c3c2=O)ccc1O. The maximum atomic E-state index is 13.1. The van der Waals surface area contributed by atoms with Crippen LogP contribution in [0.15, 0.2) is 64.8 Å². The van der Waals surface area contributed by atoms with E-state index >= 15 is 0 Å². The molecule has 2 aromatic heterocycles.